The molecule has 12 aliphatic heterocycles. The molecular weight excluding hydrogens is 554 g/mol. The van der Waals surface area contributed by atoms with Gasteiger partial charge in [-0.25, -0.2) is 0 Å². The van der Waals surface area contributed by atoms with Crippen molar-refractivity contribution in [2.75, 3.05) is 19.3 Å². The van der Waals surface area contributed by atoms with E-state index in [1.807, 2.05) is 0 Å². The minimum atomic E-state index is -4.00. The van der Waals surface area contributed by atoms with Gasteiger partial charge in [-0.15, -0.1) is 0 Å². The zero-order valence-corrected chi connectivity index (χ0v) is 29.6. The first-order valence-electron chi connectivity index (χ1n) is 17.1. The zero-order valence-electron chi connectivity index (χ0n) is 26.4. The van der Waals surface area contributed by atoms with Crippen LogP contribution in [0.2, 0.25) is 46.7 Å². The van der Waals surface area contributed by atoms with E-state index in [0.29, 0.717) is 20.9 Å². The zero-order chi connectivity index (χ0) is 27.4. The van der Waals surface area contributed by atoms with Crippen LogP contribution in [0, 0.1) is 5.41 Å². The van der Waals surface area contributed by atoms with Gasteiger partial charge in [0, 0.05) is 0 Å². The number of piperidine rings is 2. The fourth-order valence-electron chi connectivity index (χ4n) is 26.1. The Bertz CT molecular complexity index is 1610. The predicted molar refractivity (Wildman–Crippen MR) is 169 cm³/mol. The van der Waals surface area contributed by atoms with Crippen molar-refractivity contribution in [1.29, 1.82) is 0 Å². The number of hydrogen-bond donors (Lipinski definition) is 2. The first-order chi connectivity index (χ1) is 17.9. The van der Waals surface area contributed by atoms with Crippen LogP contribution in [0.1, 0.15) is 101 Å². The van der Waals surface area contributed by atoms with Gasteiger partial charge in [-0.3, -0.25) is 0 Å². The quantitative estimate of drug-likeness (QED) is 0.239. The van der Waals surface area contributed by atoms with Gasteiger partial charge in [-0.2, -0.15) is 0 Å². The van der Waals surface area contributed by atoms with Crippen LogP contribution in [0.4, 0.5) is 0 Å². The van der Waals surface area contributed by atoms with Gasteiger partial charge in [0.1, 0.15) is 0 Å². The van der Waals surface area contributed by atoms with Crippen LogP contribution in [0.5, 0.6) is 0 Å². The van der Waals surface area contributed by atoms with Crippen LogP contribution in [-0.4, -0.2) is 46.8 Å². The van der Waals surface area contributed by atoms with E-state index >= 15 is 0 Å². The Kier molecular flexibility index (Phi) is 2.09. The Morgan fingerprint density at radius 1 is 0.718 bits per heavy atom. The number of hydrogen-bond acceptors (Lipinski definition) is 2. The second-order valence-electron chi connectivity index (χ2n) is 22.1. The van der Waals surface area contributed by atoms with Crippen LogP contribution in [0.3, 0.4) is 0 Å². The summed E-state index contributed by atoms with van der Waals surface area (Å²) in [5.41, 5.74) is 0.555. The van der Waals surface area contributed by atoms with Crippen LogP contribution in [0.25, 0.3) is 0 Å². The molecule has 0 saturated carbocycles. The fourth-order valence-corrected chi connectivity index (χ4v) is 119. The average molecular weight is 613 g/mol. The van der Waals surface area contributed by atoms with E-state index in [1.54, 1.807) is 6.16 Å². The van der Waals surface area contributed by atoms with Gasteiger partial charge >= 0.3 is 234 Å². The standard InChI is InChI=1S/C29H53N2P2.C5H5.Fe/c1-26(2,3)22-18-21(20-33(27(4,5)6)28(7,8)9)23(19-22)29(32,24-14-10-12-16-30-24)25-15-11-13-17-31-25;1-2-4-5-3-1;/h18-19,24-25,30-31H,10-17,20,32H2,1-9H3;1-5H;. The van der Waals surface area contributed by atoms with E-state index in [0.717, 1.165) is 25.0 Å². The predicted octanol–water partition coefficient (Wildman–Crippen LogP) is 9.51. The Morgan fingerprint density at radius 3 is 1.51 bits per heavy atom. The molecule has 12 heterocycles. The molecule has 0 aromatic rings. The molecule has 39 heavy (non-hydrogen) atoms. The van der Waals surface area contributed by atoms with Gasteiger partial charge in [0.2, 0.25) is 0 Å². The normalized spacial score (nSPS) is 74.3. The van der Waals surface area contributed by atoms with Crippen LogP contribution in [0.15, 0.2) is 0 Å². The molecule has 12 fully saturated rings. The molecule has 12 saturated heterocycles. The van der Waals surface area contributed by atoms with Gasteiger partial charge in [-0.1, -0.05) is 0 Å². The third kappa shape index (κ3) is 0.590. The SMILES string of the molecule is CC(C)(C)P(C[C]12[CH]3[C]4(C(C)(C)C)[CH]5[C]1(C(P)(C1CCCCN1)C1CCCCN1)[Fe]35241678[CH]2[CH]1[CH]6[CH]7[CH]28)C(C)(C)C. The molecule has 0 bridgehead atoms. The van der Waals surface area contributed by atoms with Gasteiger partial charge in [-0.05, 0) is 0 Å². The van der Waals surface area contributed by atoms with Crippen molar-refractivity contribution in [3.8, 4) is 0 Å². The molecule has 12 rings (SSSR count). The summed E-state index contributed by atoms with van der Waals surface area (Å²) in [4.78, 5) is 9.26. The summed E-state index contributed by atoms with van der Waals surface area (Å²) in [5.74, 6) is 0. The van der Waals surface area contributed by atoms with Crippen molar-refractivity contribution < 1.29 is 6.51 Å². The monoisotopic (exact) mass is 612 g/mol. The summed E-state index contributed by atoms with van der Waals surface area (Å²) in [6.07, 6.45) is 10.3. The van der Waals surface area contributed by atoms with E-state index in [1.165, 1.54) is 85.3 Å². The van der Waals surface area contributed by atoms with Crippen molar-refractivity contribution >= 4 is 17.2 Å². The molecule has 1 spiro atoms. The number of nitrogens with one attached hydrogen (secondary N) is 2. The molecular formula is C34H58FeN2P2. The summed E-state index contributed by atoms with van der Waals surface area (Å²) in [6, 6.07) is 1.49. The third-order valence-electron chi connectivity index (χ3n) is 22.8. The third-order valence-corrected chi connectivity index (χ3v) is 73.2. The molecule has 0 aromatic heterocycles. The van der Waals surface area contributed by atoms with Crippen LogP contribution >= 0.6 is 17.2 Å². The Morgan fingerprint density at radius 2 is 1.18 bits per heavy atom. The maximum absolute atomic E-state index is 4.34. The summed E-state index contributed by atoms with van der Waals surface area (Å²) in [6.45, 7) is 22.8. The first-order valence-corrected chi connectivity index (χ1v) is 25.3. The average Bonchev–Trinajstić information content (AvgIpc) is 3.80. The molecule has 8 atom stereocenters. The van der Waals surface area contributed by atoms with E-state index < -0.39 is 6.51 Å². The van der Waals surface area contributed by atoms with Gasteiger partial charge in [0.05, 0.1) is 0 Å². The molecule has 12 aliphatic rings. The van der Waals surface area contributed by atoms with Crippen LogP contribution in [-0.2, 0) is 6.51 Å². The molecule has 222 valence electrons. The summed E-state index contributed by atoms with van der Waals surface area (Å²) in [5, 5.41) is 10.0. The molecule has 0 amide bonds. The summed E-state index contributed by atoms with van der Waals surface area (Å²) >= 11 is 0. The second-order valence-corrected chi connectivity index (χ2v) is 49.9. The van der Waals surface area contributed by atoms with Gasteiger partial charge in [0.25, 0.3) is 0 Å². The van der Waals surface area contributed by atoms with Crippen molar-refractivity contribution in [1.82, 2.24) is 10.6 Å². The molecule has 8 unspecified atom stereocenters. The number of fused-ring (bicyclic) bond motifs is 10. The van der Waals surface area contributed by atoms with Crippen molar-refractivity contribution in [3.63, 3.8) is 0 Å². The topological polar surface area (TPSA) is 24.1 Å². The van der Waals surface area contributed by atoms with E-state index in [2.05, 4.69) is 82.2 Å². The Balaban J connectivity index is 1.18. The molecule has 0 aromatic carbocycles. The van der Waals surface area contributed by atoms with Gasteiger partial charge < -0.3 is 0 Å². The minimum absolute atomic E-state index is 0.0360. The number of rotatable bonds is 5. The van der Waals surface area contributed by atoms with E-state index in [4.69, 9.17) is 0 Å². The first kappa shape index (κ1) is 23.7. The Labute approximate surface area is 233 Å². The summed E-state index contributed by atoms with van der Waals surface area (Å²) < 4.78 is 2.55. The van der Waals surface area contributed by atoms with E-state index in [-0.39, 0.29) is 7.92 Å². The van der Waals surface area contributed by atoms with Crippen molar-refractivity contribution in [3.05, 3.63) is 0 Å². The maximum atomic E-state index is 4.34. The fraction of sp³-hybridized carbons (Fsp3) is 1.00. The molecule has 5 heteroatoms. The molecule has 0 radical (unpaired) electrons. The van der Waals surface area contributed by atoms with Crippen LogP contribution < -0.4 is 10.6 Å². The second kappa shape index (κ2) is 3.45. The Hall–Kier alpha value is 1.30. The van der Waals surface area contributed by atoms with E-state index in [9.17, 15) is 0 Å². The van der Waals surface area contributed by atoms with Crippen molar-refractivity contribution in [2.45, 2.75) is 175 Å². The summed E-state index contributed by atoms with van der Waals surface area (Å²) in [7, 11) is 3.91. The molecule has 2 nitrogen and oxygen atoms in total. The molecule has 0 aliphatic carbocycles. The molecule has 2 N–H and O–H groups in total. The van der Waals surface area contributed by atoms with Crippen molar-refractivity contribution in [2.24, 2.45) is 5.41 Å². The van der Waals surface area contributed by atoms with Gasteiger partial charge in [0.15, 0.2) is 0 Å².